The minimum absolute atomic E-state index is 0.221. The van der Waals surface area contributed by atoms with Crippen LogP contribution in [0.1, 0.15) is 22.3 Å². The van der Waals surface area contributed by atoms with Gasteiger partial charge in [-0.2, -0.15) is 0 Å². The Bertz CT molecular complexity index is 691. The van der Waals surface area contributed by atoms with Gasteiger partial charge in [0.2, 0.25) is 0 Å². The molecule has 0 radical (unpaired) electrons. The Hall–Kier alpha value is -2.38. The van der Waals surface area contributed by atoms with Gasteiger partial charge in [-0.05, 0) is 36.1 Å². The SMILES string of the molecule is Cc1c(F)c(F)c(F)c(N)c1Cc1c(C)c(F)c(F)c(F)c1N. The van der Waals surface area contributed by atoms with Crippen LogP contribution >= 0.6 is 0 Å². The first-order valence-corrected chi connectivity index (χ1v) is 6.42. The Morgan fingerprint density at radius 1 is 0.565 bits per heavy atom. The summed E-state index contributed by atoms with van der Waals surface area (Å²) in [5.41, 5.74) is 8.34. The molecule has 0 aliphatic heterocycles. The van der Waals surface area contributed by atoms with Crippen molar-refractivity contribution in [1.29, 1.82) is 0 Å². The van der Waals surface area contributed by atoms with E-state index in [1.165, 1.54) is 0 Å². The van der Waals surface area contributed by atoms with E-state index in [4.69, 9.17) is 11.5 Å². The zero-order valence-electron chi connectivity index (χ0n) is 12.1. The zero-order valence-corrected chi connectivity index (χ0v) is 12.1. The molecule has 2 rings (SSSR count). The summed E-state index contributed by atoms with van der Waals surface area (Å²) < 4.78 is 81.0. The highest BCUT2D eigenvalue weighted by molar-refractivity contribution is 5.60. The van der Waals surface area contributed by atoms with Crippen molar-refractivity contribution >= 4 is 11.4 Å². The summed E-state index contributed by atoms with van der Waals surface area (Å²) in [7, 11) is 0. The number of halogens is 6. The first-order valence-electron chi connectivity index (χ1n) is 6.42. The van der Waals surface area contributed by atoms with Gasteiger partial charge in [-0.3, -0.25) is 0 Å². The van der Waals surface area contributed by atoms with E-state index in [-0.39, 0.29) is 22.3 Å². The Kier molecular flexibility index (Phi) is 4.19. The van der Waals surface area contributed by atoms with E-state index < -0.39 is 52.7 Å². The van der Waals surface area contributed by atoms with Crippen molar-refractivity contribution in [3.05, 3.63) is 57.2 Å². The summed E-state index contributed by atoms with van der Waals surface area (Å²) in [6.45, 7) is 2.26. The van der Waals surface area contributed by atoms with E-state index in [0.717, 1.165) is 13.8 Å². The van der Waals surface area contributed by atoms with Gasteiger partial charge in [0.25, 0.3) is 0 Å². The number of anilines is 2. The molecule has 0 unspecified atom stereocenters. The van der Waals surface area contributed by atoms with Gasteiger partial charge in [0.15, 0.2) is 34.9 Å². The molecule has 2 aromatic carbocycles. The molecule has 2 nitrogen and oxygen atoms in total. The van der Waals surface area contributed by atoms with Gasteiger partial charge in [0.05, 0.1) is 11.4 Å². The number of hydrogen-bond acceptors (Lipinski definition) is 2. The summed E-state index contributed by atoms with van der Waals surface area (Å²) in [5, 5.41) is 0. The quantitative estimate of drug-likeness (QED) is 0.497. The van der Waals surface area contributed by atoms with Gasteiger partial charge in [-0.15, -0.1) is 0 Å². The van der Waals surface area contributed by atoms with Crippen LogP contribution in [0, 0.1) is 48.8 Å². The van der Waals surface area contributed by atoms with Crippen LogP contribution in [-0.4, -0.2) is 0 Å². The molecule has 0 fully saturated rings. The minimum atomic E-state index is -1.75. The monoisotopic (exact) mass is 334 g/mol. The second kappa shape index (κ2) is 5.68. The van der Waals surface area contributed by atoms with Crippen LogP contribution in [0.15, 0.2) is 0 Å². The van der Waals surface area contributed by atoms with E-state index in [1.807, 2.05) is 0 Å². The molecule has 0 aliphatic rings. The molecule has 124 valence electrons. The molecule has 0 aliphatic carbocycles. The fourth-order valence-corrected chi connectivity index (χ4v) is 2.32. The van der Waals surface area contributed by atoms with Crippen molar-refractivity contribution < 1.29 is 26.3 Å². The van der Waals surface area contributed by atoms with Gasteiger partial charge in [-0.1, -0.05) is 0 Å². The highest BCUT2D eigenvalue weighted by Crippen LogP contribution is 2.33. The van der Waals surface area contributed by atoms with Crippen molar-refractivity contribution in [3.8, 4) is 0 Å². The van der Waals surface area contributed by atoms with Crippen molar-refractivity contribution in [2.45, 2.75) is 20.3 Å². The highest BCUT2D eigenvalue weighted by atomic mass is 19.2. The fourth-order valence-electron chi connectivity index (χ4n) is 2.32. The average molecular weight is 334 g/mol. The molecular formula is C15H12F6N2. The van der Waals surface area contributed by atoms with Gasteiger partial charge >= 0.3 is 0 Å². The lowest BCUT2D eigenvalue weighted by molar-refractivity contribution is 0.442. The molecule has 0 aromatic heterocycles. The first kappa shape index (κ1) is 17.0. The number of rotatable bonds is 2. The molecule has 4 N–H and O–H groups in total. The third kappa shape index (κ3) is 2.47. The third-order valence-corrected chi connectivity index (χ3v) is 3.81. The molecule has 2 aromatic rings. The molecule has 0 spiro atoms. The Labute approximate surface area is 127 Å². The normalized spacial score (nSPS) is 11.1. The average Bonchev–Trinajstić information content (AvgIpc) is 2.54. The number of nitrogen functional groups attached to an aromatic ring is 2. The highest BCUT2D eigenvalue weighted by Gasteiger charge is 2.25. The van der Waals surface area contributed by atoms with Crippen molar-refractivity contribution in [1.82, 2.24) is 0 Å². The van der Waals surface area contributed by atoms with E-state index in [9.17, 15) is 26.3 Å². The van der Waals surface area contributed by atoms with Crippen molar-refractivity contribution in [2.24, 2.45) is 0 Å². The van der Waals surface area contributed by atoms with Gasteiger partial charge < -0.3 is 11.5 Å². The molecule has 0 saturated heterocycles. The molecule has 0 amide bonds. The number of hydrogen-bond donors (Lipinski definition) is 2. The molecule has 0 bridgehead atoms. The zero-order chi connectivity index (χ0) is 17.6. The molecule has 0 atom stereocenters. The van der Waals surface area contributed by atoms with Crippen molar-refractivity contribution in [3.63, 3.8) is 0 Å². The van der Waals surface area contributed by atoms with Crippen LogP contribution in [0.5, 0.6) is 0 Å². The Morgan fingerprint density at radius 2 is 0.870 bits per heavy atom. The molecule has 8 heteroatoms. The van der Waals surface area contributed by atoms with E-state index in [2.05, 4.69) is 0 Å². The largest absolute Gasteiger partial charge is 0.396 e. The number of nitrogens with two attached hydrogens (primary N) is 2. The summed E-state index contributed by atoms with van der Waals surface area (Å²) in [6.07, 6.45) is -0.489. The summed E-state index contributed by atoms with van der Waals surface area (Å²) in [5.74, 6) is -9.64. The molecule has 0 heterocycles. The van der Waals surface area contributed by atoms with Crippen LogP contribution in [0.25, 0.3) is 0 Å². The van der Waals surface area contributed by atoms with E-state index >= 15 is 0 Å². The molecular weight excluding hydrogens is 322 g/mol. The fraction of sp³-hybridized carbons (Fsp3) is 0.200. The maximum absolute atomic E-state index is 13.6. The lowest BCUT2D eigenvalue weighted by Gasteiger charge is -2.16. The second-order valence-electron chi connectivity index (χ2n) is 5.10. The van der Waals surface area contributed by atoms with Crippen LogP contribution in [-0.2, 0) is 6.42 Å². The lowest BCUT2D eigenvalue weighted by atomic mass is 9.93. The van der Waals surface area contributed by atoms with Crippen LogP contribution < -0.4 is 11.5 Å². The van der Waals surface area contributed by atoms with Crippen LogP contribution in [0.3, 0.4) is 0 Å². The minimum Gasteiger partial charge on any atom is -0.396 e. The first-order chi connectivity index (χ1) is 10.6. The maximum atomic E-state index is 13.6. The topological polar surface area (TPSA) is 52.0 Å². The van der Waals surface area contributed by atoms with Crippen molar-refractivity contribution in [2.75, 3.05) is 11.5 Å². The lowest BCUT2D eigenvalue weighted by Crippen LogP contribution is -2.12. The maximum Gasteiger partial charge on any atom is 0.196 e. The van der Waals surface area contributed by atoms with Gasteiger partial charge in [0.1, 0.15) is 0 Å². The Morgan fingerprint density at radius 3 is 1.17 bits per heavy atom. The second-order valence-corrected chi connectivity index (χ2v) is 5.10. The predicted molar refractivity (Wildman–Crippen MR) is 73.7 cm³/mol. The van der Waals surface area contributed by atoms with E-state index in [0.29, 0.717) is 0 Å². The summed E-state index contributed by atoms with van der Waals surface area (Å²) >= 11 is 0. The summed E-state index contributed by atoms with van der Waals surface area (Å²) in [6, 6.07) is 0. The van der Waals surface area contributed by atoms with Crippen LogP contribution in [0.2, 0.25) is 0 Å². The smallest absolute Gasteiger partial charge is 0.196 e. The van der Waals surface area contributed by atoms with Crippen LogP contribution in [0.4, 0.5) is 37.7 Å². The summed E-state index contributed by atoms with van der Waals surface area (Å²) in [4.78, 5) is 0. The number of benzene rings is 2. The molecule has 23 heavy (non-hydrogen) atoms. The molecule has 0 saturated carbocycles. The Balaban J connectivity index is 2.71. The van der Waals surface area contributed by atoms with Gasteiger partial charge in [0, 0.05) is 6.42 Å². The standard InChI is InChI=1S/C15H12F6N2/c1-4-6(14(22)12(20)10(18)8(4)16)3-7-5(2)9(17)11(19)13(21)15(7)23/h3,22-23H2,1-2H3. The third-order valence-electron chi connectivity index (χ3n) is 3.81. The predicted octanol–water partition coefficient (Wildman–Crippen LogP) is 3.89. The van der Waals surface area contributed by atoms with E-state index in [1.54, 1.807) is 0 Å². The van der Waals surface area contributed by atoms with Gasteiger partial charge in [-0.25, -0.2) is 26.3 Å².